The average molecular weight is 382 g/mol. The van der Waals surface area contributed by atoms with Gasteiger partial charge in [-0.2, -0.15) is 0 Å². The first-order valence-corrected chi connectivity index (χ1v) is 7.72. The number of amides is 2. The monoisotopic (exact) mass is 380 g/mol. The Morgan fingerprint density at radius 1 is 1.18 bits per heavy atom. The molecule has 0 saturated carbocycles. The maximum atomic E-state index is 12.2. The second-order valence-electron chi connectivity index (χ2n) is 4.62. The van der Waals surface area contributed by atoms with Crippen molar-refractivity contribution >= 4 is 50.7 Å². The molecular formula is C16H14BrClN2O2. The van der Waals surface area contributed by atoms with E-state index in [9.17, 15) is 9.59 Å². The minimum atomic E-state index is -0.298. The predicted octanol–water partition coefficient (Wildman–Crippen LogP) is 4.09. The average Bonchev–Trinajstić information content (AvgIpc) is 2.45. The highest BCUT2D eigenvalue weighted by Crippen LogP contribution is 2.25. The molecule has 0 aromatic heterocycles. The van der Waals surface area contributed by atoms with Crippen molar-refractivity contribution < 1.29 is 9.59 Å². The fraction of sp³-hybridized carbons (Fsp3) is 0.125. The van der Waals surface area contributed by atoms with Crippen LogP contribution in [0.5, 0.6) is 0 Å². The molecule has 2 rings (SSSR count). The number of anilines is 2. The highest BCUT2D eigenvalue weighted by Gasteiger charge is 2.17. The number of carbonyl (C=O) groups is 2. The molecule has 22 heavy (non-hydrogen) atoms. The van der Waals surface area contributed by atoms with Crippen LogP contribution in [0.4, 0.5) is 11.4 Å². The van der Waals surface area contributed by atoms with Gasteiger partial charge in [0, 0.05) is 22.1 Å². The standard InChI is InChI=1S/C16H14BrClN2O2/c1-11(21)20(15-8-3-2-7-14(15)17)10-16(22)19-13-6-4-5-12(18)9-13/h2-9H,10H2,1H3,(H,19,22). The summed E-state index contributed by atoms with van der Waals surface area (Å²) in [6, 6.07) is 14.1. The molecule has 0 bridgehead atoms. The molecule has 6 heteroatoms. The molecule has 0 aliphatic rings. The normalized spacial score (nSPS) is 10.1. The molecule has 0 radical (unpaired) electrons. The quantitative estimate of drug-likeness (QED) is 0.867. The first kappa shape index (κ1) is 16.5. The van der Waals surface area contributed by atoms with Crippen LogP contribution in [0.1, 0.15) is 6.92 Å². The van der Waals surface area contributed by atoms with Crippen molar-refractivity contribution in [1.82, 2.24) is 0 Å². The van der Waals surface area contributed by atoms with Crippen LogP contribution < -0.4 is 10.2 Å². The smallest absolute Gasteiger partial charge is 0.244 e. The van der Waals surface area contributed by atoms with E-state index < -0.39 is 0 Å². The van der Waals surface area contributed by atoms with Gasteiger partial charge in [-0.1, -0.05) is 29.8 Å². The van der Waals surface area contributed by atoms with Crippen molar-refractivity contribution in [2.24, 2.45) is 0 Å². The van der Waals surface area contributed by atoms with Gasteiger partial charge in [0.05, 0.1) is 5.69 Å². The van der Waals surface area contributed by atoms with Gasteiger partial charge in [-0.15, -0.1) is 0 Å². The van der Waals surface area contributed by atoms with Crippen LogP contribution in [-0.2, 0) is 9.59 Å². The topological polar surface area (TPSA) is 49.4 Å². The van der Waals surface area contributed by atoms with Crippen molar-refractivity contribution in [2.45, 2.75) is 6.92 Å². The van der Waals surface area contributed by atoms with Crippen LogP contribution in [-0.4, -0.2) is 18.4 Å². The fourth-order valence-corrected chi connectivity index (χ4v) is 2.64. The third-order valence-corrected chi connectivity index (χ3v) is 3.84. The summed E-state index contributed by atoms with van der Waals surface area (Å²) in [5.74, 6) is -0.513. The zero-order valence-corrected chi connectivity index (χ0v) is 14.2. The number of rotatable bonds is 4. The Morgan fingerprint density at radius 2 is 1.91 bits per heavy atom. The molecule has 2 aromatic carbocycles. The summed E-state index contributed by atoms with van der Waals surface area (Å²) in [4.78, 5) is 25.4. The summed E-state index contributed by atoms with van der Waals surface area (Å²) in [6.45, 7) is 1.34. The fourth-order valence-electron chi connectivity index (χ4n) is 1.95. The van der Waals surface area contributed by atoms with Gasteiger partial charge >= 0.3 is 0 Å². The molecule has 0 aliphatic heterocycles. The molecule has 0 aliphatic carbocycles. The lowest BCUT2D eigenvalue weighted by molar-refractivity contribution is -0.120. The van der Waals surface area contributed by atoms with E-state index in [1.807, 2.05) is 18.2 Å². The maximum Gasteiger partial charge on any atom is 0.244 e. The van der Waals surface area contributed by atoms with Crippen LogP contribution >= 0.6 is 27.5 Å². The number of para-hydroxylation sites is 1. The lowest BCUT2D eigenvalue weighted by atomic mass is 10.2. The Hall–Kier alpha value is -1.85. The number of carbonyl (C=O) groups excluding carboxylic acids is 2. The molecule has 1 N–H and O–H groups in total. The summed E-state index contributed by atoms with van der Waals surface area (Å²) in [5, 5.41) is 3.26. The van der Waals surface area contributed by atoms with E-state index in [1.165, 1.54) is 11.8 Å². The van der Waals surface area contributed by atoms with E-state index in [1.54, 1.807) is 30.3 Å². The summed E-state index contributed by atoms with van der Waals surface area (Å²) < 4.78 is 0.751. The Bertz CT molecular complexity index is 706. The molecule has 4 nitrogen and oxygen atoms in total. The van der Waals surface area contributed by atoms with Crippen molar-refractivity contribution in [2.75, 3.05) is 16.8 Å². The van der Waals surface area contributed by atoms with Gasteiger partial charge in [0.25, 0.3) is 0 Å². The second-order valence-corrected chi connectivity index (χ2v) is 5.91. The Labute approximate surface area is 142 Å². The Morgan fingerprint density at radius 3 is 2.55 bits per heavy atom. The molecule has 0 unspecified atom stereocenters. The highest BCUT2D eigenvalue weighted by molar-refractivity contribution is 9.10. The van der Waals surface area contributed by atoms with E-state index in [4.69, 9.17) is 11.6 Å². The first-order valence-electron chi connectivity index (χ1n) is 6.55. The summed E-state index contributed by atoms with van der Waals surface area (Å²) >= 11 is 9.27. The van der Waals surface area contributed by atoms with Gasteiger partial charge in [0.15, 0.2) is 0 Å². The molecular weight excluding hydrogens is 368 g/mol. The molecule has 0 saturated heterocycles. The van der Waals surface area contributed by atoms with Gasteiger partial charge in [0.2, 0.25) is 11.8 Å². The third kappa shape index (κ3) is 4.32. The van der Waals surface area contributed by atoms with Crippen LogP contribution in [0, 0.1) is 0 Å². The Balaban J connectivity index is 2.13. The number of nitrogens with one attached hydrogen (secondary N) is 1. The van der Waals surface area contributed by atoms with E-state index in [-0.39, 0.29) is 18.4 Å². The minimum Gasteiger partial charge on any atom is -0.324 e. The van der Waals surface area contributed by atoms with Gasteiger partial charge in [-0.25, -0.2) is 0 Å². The second kappa shape index (κ2) is 7.42. The summed E-state index contributed by atoms with van der Waals surface area (Å²) in [5.41, 5.74) is 1.24. The highest BCUT2D eigenvalue weighted by atomic mass is 79.9. The minimum absolute atomic E-state index is 0.0789. The van der Waals surface area contributed by atoms with Gasteiger partial charge in [0.1, 0.15) is 6.54 Å². The van der Waals surface area contributed by atoms with Gasteiger partial charge in [-0.3, -0.25) is 9.59 Å². The van der Waals surface area contributed by atoms with E-state index >= 15 is 0 Å². The van der Waals surface area contributed by atoms with Gasteiger partial charge in [-0.05, 0) is 46.3 Å². The number of hydrogen-bond donors (Lipinski definition) is 1. The number of benzene rings is 2. The lowest BCUT2D eigenvalue weighted by Crippen LogP contribution is -2.36. The lowest BCUT2D eigenvalue weighted by Gasteiger charge is -2.22. The molecule has 2 amide bonds. The van der Waals surface area contributed by atoms with E-state index in [0.29, 0.717) is 16.4 Å². The largest absolute Gasteiger partial charge is 0.324 e. The third-order valence-electron chi connectivity index (χ3n) is 2.93. The van der Waals surface area contributed by atoms with Crippen molar-refractivity contribution in [3.05, 3.63) is 58.0 Å². The summed E-state index contributed by atoms with van der Waals surface area (Å²) in [6.07, 6.45) is 0. The van der Waals surface area contributed by atoms with Gasteiger partial charge < -0.3 is 10.2 Å². The molecule has 2 aromatic rings. The summed E-state index contributed by atoms with van der Waals surface area (Å²) in [7, 11) is 0. The molecule has 0 atom stereocenters. The van der Waals surface area contributed by atoms with Crippen molar-refractivity contribution in [3.8, 4) is 0 Å². The molecule has 114 valence electrons. The van der Waals surface area contributed by atoms with Crippen molar-refractivity contribution in [1.29, 1.82) is 0 Å². The zero-order chi connectivity index (χ0) is 16.1. The predicted molar refractivity (Wildman–Crippen MR) is 92.3 cm³/mol. The molecule has 0 heterocycles. The number of hydrogen-bond acceptors (Lipinski definition) is 2. The number of nitrogens with zero attached hydrogens (tertiary/aromatic N) is 1. The number of halogens is 2. The van der Waals surface area contributed by atoms with Crippen LogP contribution in [0.2, 0.25) is 5.02 Å². The van der Waals surface area contributed by atoms with Crippen molar-refractivity contribution in [3.63, 3.8) is 0 Å². The molecule has 0 spiro atoms. The first-order chi connectivity index (χ1) is 10.5. The van der Waals surface area contributed by atoms with E-state index in [0.717, 1.165) is 4.47 Å². The zero-order valence-electron chi connectivity index (χ0n) is 11.8. The SMILES string of the molecule is CC(=O)N(CC(=O)Nc1cccc(Cl)c1)c1ccccc1Br. The van der Waals surface area contributed by atoms with Crippen LogP contribution in [0.25, 0.3) is 0 Å². The molecule has 0 fully saturated rings. The Kier molecular flexibility index (Phi) is 5.57. The van der Waals surface area contributed by atoms with Crippen LogP contribution in [0.15, 0.2) is 53.0 Å². The maximum absolute atomic E-state index is 12.2. The van der Waals surface area contributed by atoms with Crippen LogP contribution in [0.3, 0.4) is 0 Å². The van der Waals surface area contributed by atoms with E-state index in [2.05, 4.69) is 21.2 Å².